The standard InChI is InChI=1S/C19H34O2/c1-3-4-5-6-7-8-9-10-11-12-13-14-15-16-17-19(18-20)21-2/h4-5,7-8,10-11,19-20H,3,6,9,12-18H2,1-2H3. The fourth-order valence-corrected chi connectivity index (χ4v) is 2.10. The molecule has 0 radical (unpaired) electrons. The first-order valence-corrected chi connectivity index (χ1v) is 8.43. The monoisotopic (exact) mass is 294 g/mol. The molecule has 21 heavy (non-hydrogen) atoms. The molecule has 1 unspecified atom stereocenters. The predicted molar refractivity (Wildman–Crippen MR) is 92.5 cm³/mol. The van der Waals surface area contributed by atoms with Gasteiger partial charge >= 0.3 is 0 Å². The highest BCUT2D eigenvalue weighted by Gasteiger charge is 2.03. The molecule has 1 N–H and O–H groups in total. The molecule has 0 fully saturated rings. The Kier molecular flexibility index (Phi) is 16.5. The van der Waals surface area contributed by atoms with E-state index < -0.39 is 0 Å². The van der Waals surface area contributed by atoms with Crippen molar-refractivity contribution < 1.29 is 9.84 Å². The van der Waals surface area contributed by atoms with Crippen molar-refractivity contribution >= 4 is 0 Å². The number of unbranched alkanes of at least 4 members (excludes halogenated alkanes) is 4. The fraction of sp³-hybridized carbons (Fsp3) is 0.684. The maximum atomic E-state index is 8.99. The van der Waals surface area contributed by atoms with Gasteiger partial charge in [-0.1, -0.05) is 62.6 Å². The first-order chi connectivity index (χ1) is 10.3. The SMILES string of the molecule is CCC=CCC=CCC=CCCCCCCC(CO)OC. The van der Waals surface area contributed by atoms with E-state index in [1.54, 1.807) is 7.11 Å². The number of allylic oxidation sites excluding steroid dienone is 6. The lowest BCUT2D eigenvalue weighted by molar-refractivity contribution is 0.0415. The highest BCUT2D eigenvalue weighted by atomic mass is 16.5. The Bertz CT molecular complexity index is 275. The van der Waals surface area contributed by atoms with Crippen molar-refractivity contribution in [1.82, 2.24) is 0 Å². The van der Waals surface area contributed by atoms with Gasteiger partial charge in [-0.2, -0.15) is 0 Å². The third-order valence-corrected chi connectivity index (χ3v) is 3.46. The van der Waals surface area contributed by atoms with Gasteiger partial charge in [-0.05, 0) is 38.5 Å². The van der Waals surface area contributed by atoms with Gasteiger partial charge in [0.25, 0.3) is 0 Å². The third kappa shape index (κ3) is 15.3. The topological polar surface area (TPSA) is 29.5 Å². The Morgan fingerprint density at radius 2 is 1.48 bits per heavy atom. The van der Waals surface area contributed by atoms with Crippen molar-refractivity contribution in [2.45, 2.75) is 70.8 Å². The van der Waals surface area contributed by atoms with Crippen LogP contribution in [0.5, 0.6) is 0 Å². The lowest BCUT2D eigenvalue weighted by atomic mass is 10.1. The molecule has 122 valence electrons. The molecule has 0 rings (SSSR count). The smallest absolute Gasteiger partial charge is 0.0802 e. The highest BCUT2D eigenvalue weighted by molar-refractivity contribution is 4.96. The number of aliphatic hydroxyl groups excluding tert-OH is 1. The summed E-state index contributed by atoms with van der Waals surface area (Å²) in [7, 11) is 1.67. The molecular weight excluding hydrogens is 260 g/mol. The van der Waals surface area contributed by atoms with Gasteiger partial charge in [-0.15, -0.1) is 0 Å². The van der Waals surface area contributed by atoms with Crippen LogP contribution < -0.4 is 0 Å². The molecule has 2 heteroatoms. The van der Waals surface area contributed by atoms with Crippen molar-refractivity contribution in [2.75, 3.05) is 13.7 Å². The zero-order valence-electron chi connectivity index (χ0n) is 14.0. The minimum absolute atomic E-state index is 0.0313. The molecule has 0 amide bonds. The molecular formula is C19H34O2. The van der Waals surface area contributed by atoms with E-state index in [1.165, 1.54) is 25.7 Å². The summed E-state index contributed by atoms with van der Waals surface area (Å²) in [5.74, 6) is 0. The van der Waals surface area contributed by atoms with Gasteiger partial charge in [0, 0.05) is 7.11 Å². The average molecular weight is 294 g/mol. The summed E-state index contributed by atoms with van der Waals surface area (Å²) >= 11 is 0. The van der Waals surface area contributed by atoms with Crippen molar-refractivity contribution in [3.63, 3.8) is 0 Å². The second kappa shape index (κ2) is 17.2. The van der Waals surface area contributed by atoms with Crippen LogP contribution >= 0.6 is 0 Å². The van der Waals surface area contributed by atoms with Gasteiger partial charge in [0.15, 0.2) is 0 Å². The number of ether oxygens (including phenoxy) is 1. The third-order valence-electron chi connectivity index (χ3n) is 3.46. The normalized spacial score (nSPS) is 13.9. The van der Waals surface area contributed by atoms with Gasteiger partial charge in [0.2, 0.25) is 0 Å². The summed E-state index contributed by atoms with van der Waals surface area (Å²) < 4.78 is 5.14. The van der Waals surface area contributed by atoms with Crippen LogP contribution in [0.25, 0.3) is 0 Å². The van der Waals surface area contributed by atoms with Crippen LogP contribution in [0.3, 0.4) is 0 Å². The van der Waals surface area contributed by atoms with Crippen LogP contribution in [0, 0.1) is 0 Å². The Hall–Kier alpha value is -0.860. The van der Waals surface area contributed by atoms with Crippen LogP contribution in [0.4, 0.5) is 0 Å². The van der Waals surface area contributed by atoms with Crippen molar-refractivity contribution in [3.8, 4) is 0 Å². The summed E-state index contributed by atoms with van der Waals surface area (Å²) in [5.41, 5.74) is 0. The minimum Gasteiger partial charge on any atom is -0.394 e. The fourth-order valence-electron chi connectivity index (χ4n) is 2.10. The number of aliphatic hydroxyl groups is 1. The van der Waals surface area contributed by atoms with Crippen LogP contribution in [0.2, 0.25) is 0 Å². The predicted octanol–water partition coefficient (Wildman–Crippen LogP) is 5.19. The van der Waals surface area contributed by atoms with E-state index in [-0.39, 0.29) is 12.7 Å². The van der Waals surface area contributed by atoms with Gasteiger partial charge in [0.1, 0.15) is 0 Å². The molecule has 0 spiro atoms. The Morgan fingerprint density at radius 1 is 0.857 bits per heavy atom. The van der Waals surface area contributed by atoms with E-state index in [9.17, 15) is 0 Å². The Labute approximate surface area is 131 Å². The Morgan fingerprint density at radius 3 is 2.10 bits per heavy atom. The lowest BCUT2D eigenvalue weighted by Gasteiger charge is -2.11. The molecule has 2 nitrogen and oxygen atoms in total. The quantitative estimate of drug-likeness (QED) is 0.353. The first kappa shape index (κ1) is 20.1. The van der Waals surface area contributed by atoms with Gasteiger partial charge in [0.05, 0.1) is 12.7 Å². The van der Waals surface area contributed by atoms with Crippen molar-refractivity contribution in [3.05, 3.63) is 36.5 Å². The summed E-state index contributed by atoms with van der Waals surface area (Å²) in [6.07, 6.45) is 23.7. The second-order valence-corrected chi connectivity index (χ2v) is 5.33. The van der Waals surface area contributed by atoms with Crippen LogP contribution in [0.1, 0.15) is 64.7 Å². The molecule has 0 aromatic rings. The zero-order chi connectivity index (χ0) is 15.6. The molecule has 0 saturated carbocycles. The lowest BCUT2D eigenvalue weighted by Crippen LogP contribution is -2.14. The largest absolute Gasteiger partial charge is 0.394 e. The molecule has 0 aromatic heterocycles. The molecule has 0 bridgehead atoms. The summed E-state index contributed by atoms with van der Waals surface area (Å²) in [4.78, 5) is 0. The van der Waals surface area contributed by atoms with E-state index in [0.717, 1.165) is 32.1 Å². The van der Waals surface area contributed by atoms with Gasteiger partial charge in [-0.3, -0.25) is 0 Å². The van der Waals surface area contributed by atoms with Crippen molar-refractivity contribution in [1.29, 1.82) is 0 Å². The maximum Gasteiger partial charge on any atom is 0.0802 e. The molecule has 1 atom stereocenters. The van der Waals surface area contributed by atoms with E-state index in [2.05, 4.69) is 43.4 Å². The molecule has 0 aliphatic rings. The molecule has 0 aliphatic carbocycles. The molecule has 0 saturated heterocycles. The van der Waals surface area contributed by atoms with Crippen LogP contribution in [-0.4, -0.2) is 24.9 Å². The second-order valence-electron chi connectivity index (χ2n) is 5.33. The van der Waals surface area contributed by atoms with E-state index in [1.807, 2.05) is 0 Å². The molecule has 0 aromatic carbocycles. The number of rotatable bonds is 14. The van der Waals surface area contributed by atoms with Crippen LogP contribution in [0.15, 0.2) is 36.5 Å². The maximum absolute atomic E-state index is 8.99. The number of methoxy groups -OCH3 is 1. The molecule has 0 heterocycles. The first-order valence-electron chi connectivity index (χ1n) is 8.43. The highest BCUT2D eigenvalue weighted by Crippen LogP contribution is 2.09. The van der Waals surface area contributed by atoms with E-state index in [0.29, 0.717) is 0 Å². The van der Waals surface area contributed by atoms with Crippen LogP contribution in [-0.2, 0) is 4.74 Å². The van der Waals surface area contributed by atoms with Crippen molar-refractivity contribution in [2.24, 2.45) is 0 Å². The summed E-state index contributed by atoms with van der Waals surface area (Å²) in [6.45, 7) is 2.30. The number of hydrogen-bond acceptors (Lipinski definition) is 2. The summed E-state index contributed by atoms with van der Waals surface area (Å²) in [5, 5.41) is 8.99. The van der Waals surface area contributed by atoms with Gasteiger partial charge in [-0.25, -0.2) is 0 Å². The molecule has 0 aliphatic heterocycles. The van der Waals surface area contributed by atoms with E-state index in [4.69, 9.17) is 9.84 Å². The Balaban J connectivity index is 3.31. The number of hydrogen-bond donors (Lipinski definition) is 1. The van der Waals surface area contributed by atoms with E-state index >= 15 is 0 Å². The summed E-state index contributed by atoms with van der Waals surface area (Å²) in [6, 6.07) is 0. The van der Waals surface area contributed by atoms with Gasteiger partial charge < -0.3 is 9.84 Å². The minimum atomic E-state index is 0.0313. The average Bonchev–Trinajstić information content (AvgIpc) is 2.51. The zero-order valence-corrected chi connectivity index (χ0v) is 14.0.